The van der Waals surface area contributed by atoms with E-state index in [1.54, 1.807) is 0 Å². The Hall–Kier alpha value is -1.44. The maximum atomic E-state index is 11.5. The summed E-state index contributed by atoms with van der Waals surface area (Å²) in [6.07, 6.45) is 1.87. The Morgan fingerprint density at radius 2 is 1.12 bits per heavy atom. The molecule has 7 N–H and O–H groups in total. The fourth-order valence-electron chi connectivity index (χ4n) is 1.77. The molecule has 0 unspecified atom stereocenters. The molecule has 0 saturated heterocycles. The molecule has 0 aliphatic heterocycles. The van der Waals surface area contributed by atoms with E-state index in [9.17, 15) is 19.2 Å². The summed E-state index contributed by atoms with van der Waals surface area (Å²) in [6.45, 7) is 19.7. The van der Waals surface area contributed by atoms with Crippen LogP contribution in [0.25, 0.3) is 0 Å². The molecule has 0 aromatic rings. The van der Waals surface area contributed by atoms with Crippen LogP contribution in [0.2, 0.25) is 19.6 Å². The lowest BCUT2D eigenvalue weighted by Gasteiger charge is -2.12. The second kappa shape index (κ2) is 29.1. The summed E-state index contributed by atoms with van der Waals surface area (Å²) < 4.78 is 9.98. The normalized spacial score (nSPS) is 11.8. The number of carboxylic acid groups (broad SMARTS) is 2. The SMILES string of the molecule is CC(C)CCO.CC(C)CCOC(=O)C[C@H](N)C(=O)OCCC(C)C.C[Si](C)(C)Cl.Cl.N[C@@H](CC(=O)O)C(=O)O. The third kappa shape index (κ3) is 52.9. The lowest BCUT2D eigenvalue weighted by atomic mass is 10.1. The van der Waals surface area contributed by atoms with E-state index in [2.05, 4.69) is 33.5 Å². The third-order valence-corrected chi connectivity index (χ3v) is 4.01. The summed E-state index contributed by atoms with van der Waals surface area (Å²) in [6, 6.07) is -2.22. The van der Waals surface area contributed by atoms with E-state index in [0.717, 1.165) is 19.3 Å². The van der Waals surface area contributed by atoms with Gasteiger partial charge in [0.05, 0.1) is 26.1 Å². The van der Waals surface area contributed by atoms with Gasteiger partial charge in [-0.1, -0.05) is 61.2 Å². The van der Waals surface area contributed by atoms with E-state index in [4.69, 9.17) is 47.3 Å². The van der Waals surface area contributed by atoms with E-state index in [0.29, 0.717) is 37.6 Å². The van der Waals surface area contributed by atoms with E-state index >= 15 is 0 Å². The van der Waals surface area contributed by atoms with Gasteiger partial charge in [0.15, 0.2) is 0 Å². The van der Waals surface area contributed by atoms with Gasteiger partial charge >= 0.3 is 23.9 Å². The third-order valence-electron chi connectivity index (χ3n) is 4.01. The second-order valence-electron chi connectivity index (χ2n) is 11.1. The molecule has 14 heteroatoms. The number of ether oxygens (including phenoxy) is 2. The predicted octanol–water partition coefficient (Wildman–Crippen LogP) is 4.26. The number of carbonyl (C=O) groups excluding carboxylic acids is 2. The molecule has 0 aliphatic carbocycles. The van der Waals surface area contributed by atoms with Gasteiger partial charge in [0.2, 0.25) is 0 Å². The van der Waals surface area contributed by atoms with Crippen molar-refractivity contribution < 1.29 is 44.0 Å². The van der Waals surface area contributed by atoms with Crippen LogP contribution >= 0.6 is 23.5 Å². The molecule has 0 amide bonds. The van der Waals surface area contributed by atoms with Crippen LogP contribution in [0.15, 0.2) is 0 Å². The Bertz CT molecular complexity index is 657. The van der Waals surface area contributed by atoms with E-state index in [-0.39, 0.29) is 18.8 Å². The van der Waals surface area contributed by atoms with Crippen molar-refractivity contribution in [2.24, 2.45) is 29.2 Å². The lowest BCUT2D eigenvalue weighted by molar-refractivity contribution is -0.152. The molecule has 2 atom stereocenters. The topological polar surface area (TPSA) is 199 Å². The Morgan fingerprint density at radius 1 is 0.750 bits per heavy atom. The van der Waals surface area contributed by atoms with Gasteiger partial charge in [-0.2, -0.15) is 11.1 Å². The van der Waals surface area contributed by atoms with Crippen LogP contribution in [0.3, 0.4) is 0 Å². The highest BCUT2D eigenvalue weighted by Crippen LogP contribution is 2.04. The Kier molecular flexibility index (Phi) is 35.1. The average Bonchev–Trinajstić information content (AvgIpc) is 2.72. The number of carboxylic acids is 2. The number of hydrogen-bond donors (Lipinski definition) is 5. The van der Waals surface area contributed by atoms with Crippen molar-refractivity contribution in [1.82, 2.24) is 0 Å². The largest absolute Gasteiger partial charge is 0.481 e. The number of hydrogen-bond acceptors (Lipinski definition) is 9. The second-order valence-corrected chi connectivity index (χ2v) is 18.6. The molecule has 0 bridgehead atoms. The van der Waals surface area contributed by atoms with Crippen LogP contribution in [-0.4, -0.2) is 78.5 Å². The number of carbonyl (C=O) groups is 4. The van der Waals surface area contributed by atoms with Crippen molar-refractivity contribution in [1.29, 1.82) is 0 Å². The number of nitrogens with two attached hydrogens (primary N) is 2. The molecule has 0 heterocycles. The van der Waals surface area contributed by atoms with Gasteiger partial charge in [0, 0.05) is 6.61 Å². The molecule has 0 spiro atoms. The minimum Gasteiger partial charge on any atom is -0.481 e. The molecule has 40 heavy (non-hydrogen) atoms. The quantitative estimate of drug-likeness (QED) is 0.103. The van der Waals surface area contributed by atoms with Gasteiger partial charge in [-0.25, -0.2) is 0 Å². The maximum absolute atomic E-state index is 11.5. The fourth-order valence-corrected chi connectivity index (χ4v) is 1.77. The first kappa shape index (κ1) is 48.3. The smallest absolute Gasteiger partial charge is 0.323 e. The zero-order chi connectivity index (χ0) is 31.8. The number of esters is 2. The zero-order valence-electron chi connectivity index (χ0n) is 25.8. The van der Waals surface area contributed by atoms with E-state index in [1.165, 1.54) is 0 Å². The van der Waals surface area contributed by atoms with Gasteiger partial charge in [-0.3, -0.25) is 19.2 Å². The maximum Gasteiger partial charge on any atom is 0.323 e. The van der Waals surface area contributed by atoms with Gasteiger partial charge < -0.3 is 36.3 Å². The number of aliphatic hydroxyl groups is 1. The summed E-state index contributed by atoms with van der Waals surface area (Å²) in [4.78, 5) is 42.5. The first-order valence-electron chi connectivity index (χ1n) is 13.2. The highest BCUT2D eigenvalue weighted by molar-refractivity contribution is 7.18. The van der Waals surface area contributed by atoms with Crippen LogP contribution in [-0.2, 0) is 28.7 Å². The van der Waals surface area contributed by atoms with Crippen molar-refractivity contribution in [2.45, 2.75) is 105 Å². The molecule has 0 aliphatic rings. The molecule has 0 saturated carbocycles. The van der Waals surface area contributed by atoms with Crippen molar-refractivity contribution in [2.75, 3.05) is 19.8 Å². The molecular formula is C26H56Cl2N2O9Si. The van der Waals surface area contributed by atoms with Gasteiger partial charge in [0.1, 0.15) is 19.5 Å². The Balaban J connectivity index is -0.000000161. The predicted molar refractivity (Wildman–Crippen MR) is 164 cm³/mol. The minimum atomic E-state index is -1.29. The Labute approximate surface area is 252 Å². The van der Waals surface area contributed by atoms with Crippen LogP contribution in [0.1, 0.15) is 73.6 Å². The molecule has 11 nitrogen and oxygen atoms in total. The first-order chi connectivity index (χ1) is 17.6. The van der Waals surface area contributed by atoms with Crippen molar-refractivity contribution in [3.05, 3.63) is 0 Å². The molecule has 0 aromatic carbocycles. The minimum absolute atomic E-state index is 0. The molecule has 242 valence electrons. The zero-order valence-corrected chi connectivity index (χ0v) is 28.3. The monoisotopic (exact) mass is 638 g/mol. The summed E-state index contributed by atoms with van der Waals surface area (Å²) in [5, 5.41) is 24.3. The van der Waals surface area contributed by atoms with Crippen LogP contribution in [0.5, 0.6) is 0 Å². The lowest BCUT2D eigenvalue weighted by Crippen LogP contribution is -2.35. The molecule has 0 aromatic heterocycles. The van der Waals surface area contributed by atoms with Gasteiger partial charge in [-0.05, 0) is 37.0 Å². The molecule has 0 rings (SSSR count). The number of rotatable bonds is 14. The summed E-state index contributed by atoms with van der Waals surface area (Å²) in [7, 11) is -1.14. The molecular weight excluding hydrogens is 583 g/mol. The average molecular weight is 640 g/mol. The van der Waals surface area contributed by atoms with E-state index in [1.807, 2.05) is 27.7 Å². The fraction of sp³-hybridized carbons (Fsp3) is 0.846. The summed E-state index contributed by atoms with van der Waals surface area (Å²) >= 11 is 5.67. The van der Waals surface area contributed by atoms with E-state index < -0.39 is 49.8 Å². The molecule has 0 fully saturated rings. The number of aliphatic hydroxyl groups excluding tert-OH is 1. The van der Waals surface area contributed by atoms with Gasteiger partial charge in [0.25, 0.3) is 0 Å². The number of halogens is 2. The van der Waals surface area contributed by atoms with Crippen molar-refractivity contribution in [3.8, 4) is 0 Å². The Morgan fingerprint density at radius 3 is 1.38 bits per heavy atom. The van der Waals surface area contributed by atoms with Crippen molar-refractivity contribution in [3.63, 3.8) is 0 Å². The van der Waals surface area contributed by atoms with Crippen LogP contribution < -0.4 is 11.5 Å². The number of aliphatic carboxylic acids is 2. The van der Waals surface area contributed by atoms with Crippen LogP contribution in [0, 0.1) is 17.8 Å². The van der Waals surface area contributed by atoms with Crippen molar-refractivity contribution >= 4 is 54.7 Å². The highest BCUT2D eigenvalue weighted by atomic mass is 35.6. The first-order valence-corrected chi connectivity index (χ1v) is 17.7. The standard InChI is InChI=1S/C14H27NO4.C5H12O.C4H7NO4.C3H9ClSi.ClH/c1-10(2)5-7-18-13(16)9-12(15)14(17)19-8-6-11(3)4;1-5(2)3-4-6;5-2(4(8)9)1-3(6)7;1-5(2,3)4;/h10-12H,5-9,15H2,1-4H3;5-6H,3-4H2,1-2H3;2H,1,5H2,(H,6,7)(H,8,9);1-3H3;1H/t12-;;2-;;/m0.0../s1. The van der Waals surface area contributed by atoms with Crippen LogP contribution in [0.4, 0.5) is 0 Å². The van der Waals surface area contributed by atoms with Gasteiger partial charge in [-0.15, -0.1) is 12.4 Å². The summed E-state index contributed by atoms with van der Waals surface area (Å²) in [5.41, 5.74) is 10.4. The highest BCUT2D eigenvalue weighted by Gasteiger charge is 2.20. The summed E-state index contributed by atoms with van der Waals surface area (Å²) in [5.74, 6) is -1.90. The molecule has 0 radical (unpaired) electrons.